The Hall–Kier alpha value is -1.84. The Kier molecular flexibility index (Phi) is 4.17. The summed E-state index contributed by atoms with van der Waals surface area (Å²) in [4.78, 5) is 19.3. The molecule has 2 fully saturated rings. The van der Waals surface area contributed by atoms with Gasteiger partial charge in [-0.3, -0.25) is 4.79 Å². The molecule has 2 aliphatic rings. The molecule has 124 valence electrons. The second-order valence-electron chi connectivity index (χ2n) is 7.66. The molecule has 23 heavy (non-hydrogen) atoms. The summed E-state index contributed by atoms with van der Waals surface area (Å²) < 4.78 is 0. The van der Waals surface area contributed by atoms with E-state index in [1.165, 1.54) is 18.4 Å². The number of allylic oxidation sites excluding steroid dienone is 2. The van der Waals surface area contributed by atoms with Gasteiger partial charge in [-0.1, -0.05) is 25.5 Å². The molecule has 1 aliphatic carbocycles. The van der Waals surface area contributed by atoms with Gasteiger partial charge in [0.25, 0.3) is 0 Å². The molecule has 2 atom stereocenters. The van der Waals surface area contributed by atoms with Gasteiger partial charge in [0, 0.05) is 13.1 Å². The van der Waals surface area contributed by atoms with Gasteiger partial charge in [0.05, 0.1) is 17.8 Å². The summed E-state index contributed by atoms with van der Waals surface area (Å²) in [6.45, 7) is 10.7. The van der Waals surface area contributed by atoms with Crippen molar-refractivity contribution in [2.24, 2.45) is 17.3 Å². The Labute approximate surface area is 139 Å². The van der Waals surface area contributed by atoms with Gasteiger partial charge in [0.2, 0.25) is 5.91 Å². The molecule has 4 nitrogen and oxygen atoms in total. The van der Waals surface area contributed by atoms with Crippen molar-refractivity contribution in [2.75, 3.05) is 23.3 Å². The number of hydrogen-bond donors (Lipinski definition) is 1. The van der Waals surface area contributed by atoms with Crippen LogP contribution in [0.4, 0.5) is 11.5 Å². The summed E-state index contributed by atoms with van der Waals surface area (Å²) in [6.07, 6.45) is 6.47. The fourth-order valence-electron chi connectivity index (χ4n) is 3.66. The number of amides is 1. The van der Waals surface area contributed by atoms with Crippen LogP contribution in [0.25, 0.3) is 0 Å². The Morgan fingerprint density at radius 1 is 1.30 bits per heavy atom. The predicted octanol–water partition coefficient (Wildman–Crippen LogP) is 3.86. The van der Waals surface area contributed by atoms with E-state index < -0.39 is 0 Å². The molecular weight excluding hydrogens is 286 g/mol. The molecule has 0 unspecified atom stereocenters. The highest BCUT2D eigenvalue weighted by atomic mass is 16.2. The van der Waals surface area contributed by atoms with E-state index in [1.807, 2.05) is 12.1 Å². The Morgan fingerprint density at radius 2 is 2.00 bits per heavy atom. The summed E-state index contributed by atoms with van der Waals surface area (Å²) in [5.74, 6) is 1.50. The minimum absolute atomic E-state index is 0.0459. The highest BCUT2D eigenvalue weighted by molar-refractivity contribution is 5.95. The summed E-state index contributed by atoms with van der Waals surface area (Å²) >= 11 is 0. The van der Waals surface area contributed by atoms with Gasteiger partial charge in [0.15, 0.2) is 0 Å². The number of carbonyl (C=O) groups excluding carboxylic acids is 1. The van der Waals surface area contributed by atoms with E-state index in [0.29, 0.717) is 5.92 Å². The summed E-state index contributed by atoms with van der Waals surface area (Å²) in [5, 5.41) is 3.03. The number of nitrogens with one attached hydrogen (secondary N) is 1. The molecule has 0 bridgehead atoms. The van der Waals surface area contributed by atoms with Crippen molar-refractivity contribution < 1.29 is 4.79 Å². The molecule has 1 aliphatic heterocycles. The molecule has 4 heteroatoms. The monoisotopic (exact) mass is 313 g/mol. The van der Waals surface area contributed by atoms with Gasteiger partial charge < -0.3 is 10.2 Å². The predicted molar refractivity (Wildman–Crippen MR) is 94.5 cm³/mol. The molecule has 3 rings (SSSR count). The number of nitrogens with zero attached hydrogens (tertiary/aromatic N) is 2. The molecule has 1 amide bonds. The van der Waals surface area contributed by atoms with Gasteiger partial charge in [-0.05, 0) is 50.2 Å². The van der Waals surface area contributed by atoms with Crippen LogP contribution in [0, 0.1) is 17.3 Å². The lowest BCUT2D eigenvalue weighted by Gasteiger charge is -2.16. The zero-order valence-corrected chi connectivity index (χ0v) is 14.6. The fourth-order valence-corrected chi connectivity index (χ4v) is 3.66. The SMILES string of the molecule is CC(C)=C[C@H]1[C@@H](C(=O)Nc2ccc(N3CCCC3)nc2)C1(C)C. The first-order valence-corrected chi connectivity index (χ1v) is 8.56. The van der Waals surface area contributed by atoms with Gasteiger partial charge in [0.1, 0.15) is 5.82 Å². The van der Waals surface area contributed by atoms with Gasteiger partial charge in [-0.25, -0.2) is 4.98 Å². The zero-order valence-electron chi connectivity index (χ0n) is 14.6. The standard InChI is InChI=1S/C19H27N3O/c1-13(2)11-15-17(19(15,3)4)18(23)21-14-7-8-16(20-12-14)22-9-5-6-10-22/h7-8,11-12,15,17H,5-6,9-10H2,1-4H3,(H,21,23)/t15-,17-/m0/s1. The molecule has 1 aromatic rings. The molecule has 1 aromatic heterocycles. The molecule has 1 saturated heterocycles. The van der Waals surface area contributed by atoms with Crippen LogP contribution in [0.3, 0.4) is 0 Å². The number of rotatable bonds is 4. The lowest BCUT2D eigenvalue weighted by molar-refractivity contribution is -0.118. The first-order valence-electron chi connectivity index (χ1n) is 8.56. The van der Waals surface area contributed by atoms with Crippen molar-refractivity contribution in [1.82, 2.24) is 4.98 Å². The summed E-state index contributed by atoms with van der Waals surface area (Å²) in [7, 11) is 0. The molecule has 0 radical (unpaired) electrons. The third kappa shape index (κ3) is 3.26. The third-order valence-electron chi connectivity index (χ3n) is 5.15. The lowest BCUT2D eigenvalue weighted by atomic mass is 10.1. The molecule has 0 aromatic carbocycles. The maximum Gasteiger partial charge on any atom is 0.228 e. The normalized spacial score (nSPS) is 25.1. The minimum atomic E-state index is 0.0459. The van der Waals surface area contributed by atoms with Crippen LogP contribution in [0.5, 0.6) is 0 Å². The molecular formula is C19H27N3O. The van der Waals surface area contributed by atoms with E-state index in [0.717, 1.165) is 24.6 Å². The van der Waals surface area contributed by atoms with Crippen LogP contribution in [0.1, 0.15) is 40.5 Å². The maximum atomic E-state index is 12.5. The first-order chi connectivity index (χ1) is 10.9. The van der Waals surface area contributed by atoms with Gasteiger partial charge in [-0.2, -0.15) is 0 Å². The molecule has 1 saturated carbocycles. The van der Waals surface area contributed by atoms with Crippen molar-refractivity contribution in [3.8, 4) is 0 Å². The van der Waals surface area contributed by atoms with Crippen LogP contribution in [0.15, 0.2) is 30.0 Å². The Bertz CT molecular complexity index is 608. The number of pyridine rings is 1. The second kappa shape index (κ2) is 5.99. The highest BCUT2D eigenvalue weighted by Gasteiger charge is 2.60. The van der Waals surface area contributed by atoms with Crippen LogP contribution in [-0.4, -0.2) is 24.0 Å². The average molecular weight is 313 g/mol. The summed E-state index contributed by atoms with van der Waals surface area (Å²) in [6, 6.07) is 3.97. The summed E-state index contributed by atoms with van der Waals surface area (Å²) in [5.41, 5.74) is 2.11. The van der Waals surface area contributed by atoms with Gasteiger partial charge >= 0.3 is 0 Å². The van der Waals surface area contributed by atoms with E-state index in [1.54, 1.807) is 6.20 Å². The van der Waals surface area contributed by atoms with Crippen molar-refractivity contribution in [1.29, 1.82) is 0 Å². The van der Waals surface area contributed by atoms with E-state index in [2.05, 4.69) is 49.0 Å². The van der Waals surface area contributed by atoms with Crippen LogP contribution in [-0.2, 0) is 4.79 Å². The minimum Gasteiger partial charge on any atom is -0.357 e. The van der Waals surface area contributed by atoms with Crippen LogP contribution in [0.2, 0.25) is 0 Å². The van der Waals surface area contributed by atoms with Crippen molar-refractivity contribution in [2.45, 2.75) is 40.5 Å². The Morgan fingerprint density at radius 3 is 2.57 bits per heavy atom. The molecule has 2 heterocycles. The van der Waals surface area contributed by atoms with Crippen molar-refractivity contribution in [3.05, 3.63) is 30.0 Å². The van der Waals surface area contributed by atoms with Crippen LogP contribution >= 0.6 is 0 Å². The smallest absolute Gasteiger partial charge is 0.228 e. The number of carbonyl (C=O) groups is 1. The first kappa shape index (κ1) is 16.0. The maximum absolute atomic E-state index is 12.5. The Balaban J connectivity index is 1.63. The van der Waals surface area contributed by atoms with Gasteiger partial charge in [-0.15, -0.1) is 0 Å². The van der Waals surface area contributed by atoms with E-state index in [9.17, 15) is 4.79 Å². The topological polar surface area (TPSA) is 45.2 Å². The fraction of sp³-hybridized carbons (Fsp3) is 0.579. The number of hydrogen-bond acceptors (Lipinski definition) is 3. The third-order valence-corrected chi connectivity index (χ3v) is 5.15. The molecule has 0 spiro atoms. The highest BCUT2D eigenvalue weighted by Crippen LogP contribution is 2.59. The van der Waals surface area contributed by atoms with E-state index in [-0.39, 0.29) is 17.2 Å². The van der Waals surface area contributed by atoms with E-state index in [4.69, 9.17) is 0 Å². The van der Waals surface area contributed by atoms with E-state index >= 15 is 0 Å². The molecule has 1 N–H and O–H groups in total. The number of aromatic nitrogens is 1. The van der Waals surface area contributed by atoms with Crippen molar-refractivity contribution >= 4 is 17.4 Å². The van der Waals surface area contributed by atoms with Crippen LogP contribution < -0.4 is 10.2 Å². The average Bonchev–Trinajstić information content (AvgIpc) is 2.88. The largest absolute Gasteiger partial charge is 0.357 e. The quantitative estimate of drug-likeness (QED) is 0.859. The van der Waals surface area contributed by atoms with Crippen molar-refractivity contribution in [3.63, 3.8) is 0 Å². The lowest BCUT2D eigenvalue weighted by Crippen LogP contribution is -2.20. The zero-order chi connectivity index (χ0) is 16.6. The second-order valence-corrected chi connectivity index (χ2v) is 7.66. The number of anilines is 2.